The summed E-state index contributed by atoms with van der Waals surface area (Å²) in [5.74, 6) is -2.91. The average Bonchev–Trinajstić information content (AvgIpc) is 3.09. The number of ether oxygens (including phenoxy) is 2. The standard InChI is InChI=1S/C27H23F2N3O5S/c1-36-12-15-5-4-10-37-20-11-18(28)23(29)17-13-38-21-7-3-2-6-16(21)24(22(17)20)32-14-30(15)27(35)25-26(34)19(33)8-9-31(25)32/h2-9,11,15,24,34H,10,12-14H2,1H3/b5-4+. The Kier molecular flexibility index (Phi) is 6.11. The molecule has 8 nitrogen and oxygen atoms in total. The Balaban J connectivity index is 1.70. The summed E-state index contributed by atoms with van der Waals surface area (Å²) >= 11 is 1.37. The molecule has 196 valence electrons. The molecule has 0 aliphatic carbocycles. The first-order valence-corrected chi connectivity index (χ1v) is 12.9. The van der Waals surface area contributed by atoms with Crippen LogP contribution in [0.25, 0.3) is 0 Å². The number of amides is 1. The van der Waals surface area contributed by atoms with Gasteiger partial charge in [0.1, 0.15) is 25.1 Å². The molecule has 0 fully saturated rings. The monoisotopic (exact) mass is 539 g/mol. The van der Waals surface area contributed by atoms with Crippen LogP contribution in [0.15, 0.2) is 64.4 Å². The molecule has 6 rings (SSSR count). The molecule has 2 atom stereocenters. The van der Waals surface area contributed by atoms with Crippen molar-refractivity contribution in [2.24, 2.45) is 0 Å². The van der Waals surface area contributed by atoms with Gasteiger partial charge in [0.05, 0.1) is 12.6 Å². The Morgan fingerprint density at radius 2 is 2.03 bits per heavy atom. The topological polar surface area (TPSA) is 84.2 Å². The molecule has 2 bridgehead atoms. The summed E-state index contributed by atoms with van der Waals surface area (Å²) in [5, 5.41) is 12.5. The zero-order chi connectivity index (χ0) is 26.6. The van der Waals surface area contributed by atoms with Crippen molar-refractivity contribution in [1.82, 2.24) is 9.58 Å². The van der Waals surface area contributed by atoms with Gasteiger partial charge in [-0.05, 0) is 17.7 Å². The molecule has 0 radical (unpaired) electrons. The van der Waals surface area contributed by atoms with E-state index in [1.165, 1.54) is 40.7 Å². The first-order chi connectivity index (χ1) is 18.4. The number of aromatic nitrogens is 1. The number of hydrogen-bond donors (Lipinski definition) is 1. The van der Waals surface area contributed by atoms with E-state index in [1.54, 1.807) is 17.2 Å². The van der Waals surface area contributed by atoms with Crippen molar-refractivity contribution in [2.45, 2.75) is 22.7 Å². The van der Waals surface area contributed by atoms with Crippen LogP contribution in [0, 0.1) is 11.6 Å². The molecular formula is C27H23F2N3O5S. The summed E-state index contributed by atoms with van der Waals surface area (Å²) in [4.78, 5) is 28.5. The molecule has 1 N–H and O–H groups in total. The zero-order valence-electron chi connectivity index (χ0n) is 20.3. The lowest BCUT2D eigenvalue weighted by molar-refractivity contribution is 0.0517. The van der Waals surface area contributed by atoms with Gasteiger partial charge in [0.2, 0.25) is 5.43 Å². The summed E-state index contributed by atoms with van der Waals surface area (Å²) in [6.07, 6.45) is 4.82. The molecule has 11 heteroatoms. The van der Waals surface area contributed by atoms with Crippen LogP contribution in [0.4, 0.5) is 8.78 Å². The molecule has 1 amide bonds. The second-order valence-electron chi connectivity index (χ2n) is 9.13. The van der Waals surface area contributed by atoms with Gasteiger partial charge in [0, 0.05) is 47.2 Å². The number of rotatable bonds is 2. The predicted molar refractivity (Wildman–Crippen MR) is 136 cm³/mol. The second-order valence-corrected chi connectivity index (χ2v) is 10.1. The lowest BCUT2D eigenvalue weighted by Crippen LogP contribution is -2.58. The van der Waals surface area contributed by atoms with Crippen molar-refractivity contribution in [1.29, 1.82) is 0 Å². The quantitative estimate of drug-likeness (QED) is 0.499. The van der Waals surface area contributed by atoms with Crippen LogP contribution in [0.2, 0.25) is 0 Å². The van der Waals surface area contributed by atoms with Gasteiger partial charge in [-0.2, -0.15) is 0 Å². The van der Waals surface area contributed by atoms with Crippen molar-refractivity contribution < 1.29 is 28.2 Å². The lowest BCUT2D eigenvalue weighted by atomic mass is 9.92. The van der Waals surface area contributed by atoms with Crippen LogP contribution in [0.5, 0.6) is 11.5 Å². The largest absolute Gasteiger partial charge is 0.502 e. The van der Waals surface area contributed by atoms with Gasteiger partial charge in [0.25, 0.3) is 5.91 Å². The Bertz CT molecular complexity index is 1540. The van der Waals surface area contributed by atoms with Crippen LogP contribution >= 0.6 is 11.8 Å². The fourth-order valence-corrected chi connectivity index (χ4v) is 6.37. The molecule has 2 aromatic carbocycles. The van der Waals surface area contributed by atoms with Gasteiger partial charge in [0.15, 0.2) is 23.1 Å². The van der Waals surface area contributed by atoms with E-state index in [4.69, 9.17) is 9.47 Å². The van der Waals surface area contributed by atoms with Crippen molar-refractivity contribution in [3.63, 3.8) is 0 Å². The summed E-state index contributed by atoms with van der Waals surface area (Å²) in [6, 6.07) is 8.38. The number of nitrogens with zero attached hydrogens (tertiary/aromatic N) is 3. The Hall–Kier alpha value is -3.83. The average molecular weight is 540 g/mol. The van der Waals surface area contributed by atoms with E-state index in [-0.39, 0.29) is 42.6 Å². The number of methoxy groups -OCH3 is 1. The third-order valence-corrected chi connectivity index (χ3v) is 8.12. The number of fused-ring (bicyclic) bond motifs is 7. The highest BCUT2D eigenvalue weighted by atomic mass is 32.2. The van der Waals surface area contributed by atoms with E-state index >= 15 is 4.39 Å². The fourth-order valence-electron chi connectivity index (χ4n) is 5.27. The van der Waals surface area contributed by atoms with Gasteiger partial charge in [-0.3, -0.25) is 19.3 Å². The van der Waals surface area contributed by atoms with E-state index in [1.807, 2.05) is 24.3 Å². The maximum absolute atomic E-state index is 15.4. The number of halogens is 2. The van der Waals surface area contributed by atoms with Gasteiger partial charge >= 0.3 is 0 Å². The van der Waals surface area contributed by atoms with Gasteiger partial charge in [-0.25, -0.2) is 8.78 Å². The number of carbonyl (C=O) groups excluding carboxylic acids is 1. The molecule has 38 heavy (non-hydrogen) atoms. The van der Waals surface area contributed by atoms with Crippen molar-refractivity contribution in [2.75, 3.05) is 32.0 Å². The van der Waals surface area contributed by atoms with E-state index in [0.29, 0.717) is 5.56 Å². The third kappa shape index (κ3) is 3.76. The molecule has 2 unspecified atom stereocenters. The van der Waals surface area contributed by atoms with Crippen molar-refractivity contribution in [3.05, 3.63) is 99.0 Å². The maximum Gasteiger partial charge on any atom is 0.278 e. The van der Waals surface area contributed by atoms with Crippen LogP contribution in [0.3, 0.4) is 0 Å². The van der Waals surface area contributed by atoms with E-state index < -0.39 is 40.8 Å². The number of aromatic hydroxyl groups is 1. The van der Waals surface area contributed by atoms with Crippen LogP contribution in [0.1, 0.15) is 33.2 Å². The van der Waals surface area contributed by atoms with Gasteiger partial charge in [-0.15, -0.1) is 11.8 Å². The van der Waals surface area contributed by atoms with E-state index in [9.17, 15) is 19.1 Å². The number of hydrogen-bond acceptors (Lipinski definition) is 7. The fraction of sp³-hybridized carbons (Fsp3) is 0.259. The van der Waals surface area contributed by atoms with Crippen LogP contribution in [-0.2, 0) is 10.5 Å². The summed E-state index contributed by atoms with van der Waals surface area (Å²) in [6.45, 7) is 0.165. The molecule has 1 aromatic heterocycles. The minimum absolute atomic E-state index is 0.00590. The maximum atomic E-state index is 15.4. The zero-order valence-corrected chi connectivity index (χ0v) is 21.1. The molecule has 4 heterocycles. The summed E-state index contributed by atoms with van der Waals surface area (Å²) < 4.78 is 43.1. The van der Waals surface area contributed by atoms with Gasteiger partial charge in [-0.1, -0.05) is 24.3 Å². The summed E-state index contributed by atoms with van der Waals surface area (Å²) in [5.41, 5.74) is 0.417. The Morgan fingerprint density at radius 1 is 1.21 bits per heavy atom. The molecule has 3 aromatic rings. The molecule has 3 aliphatic rings. The summed E-state index contributed by atoms with van der Waals surface area (Å²) in [7, 11) is 1.50. The highest BCUT2D eigenvalue weighted by molar-refractivity contribution is 7.98. The van der Waals surface area contributed by atoms with Crippen LogP contribution < -0.4 is 15.2 Å². The Labute approximate surface area is 220 Å². The Morgan fingerprint density at radius 3 is 2.84 bits per heavy atom. The SMILES string of the molecule is COCC1/C=C/COc2cc(F)c(F)c3c2C(c2ccccc2SC3)N2CN1C(=O)c1c(O)c(=O)ccn12. The highest BCUT2D eigenvalue weighted by Gasteiger charge is 2.42. The molecular weight excluding hydrogens is 516 g/mol. The molecule has 3 aliphatic heterocycles. The van der Waals surface area contributed by atoms with Crippen molar-refractivity contribution >= 4 is 17.7 Å². The predicted octanol–water partition coefficient (Wildman–Crippen LogP) is 3.54. The smallest absolute Gasteiger partial charge is 0.278 e. The van der Waals surface area contributed by atoms with Crippen LogP contribution in [-0.4, -0.2) is 53.6 Å². The van der Waals surface area contributed by atoms with E-state index in [0.717, 1.165) is 16.5 Å². The molecule has 0 spiro atoms. The van der Waals surface area contributed by atoms with E-state index in [2.05, 4.69) is 0 Å². The normalized spacial score (nSPS) is 20.9. The third-order valence-electron chi connectivity index (χ3n) is 7.00. The minimum Gasteiger partial charge on any atom is -0.502 e. The first-order valence-electron chi connectivity index (χ1n) is 11.9. The first kappa shape index (κ1) is 24.5. The minimum atomic E-state index is -1.02. The number of pyridine rings is 1. The lowest BCUT2D eigenvalue weighted by Gasteiger charge is -2.46. The van der Waals surface area contributed by atoms with Crippen molar-refractivity contribution in [3.8, 4) is 11.5 Å². The molecule has 0 saturated heterocycles. The number of thioether (sulfide) groups is 1. The van der Waals surface area contributed by atoms with Gasteiger partial charge < -0.3 is 19.5 Å². The second kappa shape index (κ2) is 9.48. The molecule has 0 saturated carbocycles. The highest BCUT2D eigenvalue weighted by Crippen LogP contribution is 2.47. The number of carbonyl (C=O) groups is 1. The number of benzene rings is 2.